The lowest BCUT2D eigenvalue weighted by Crippen LogP contribution is -2.44. The molecule has 208 valence electrons. The maximum absolute atomic E-state index is 15.1. The van der Waals surface area contributed by atoms with Gasteiger partial charge in [0.05, 0.1) is 13.7 Å². The van der Waals surface area contributed by atoms with Crippen LogP contribution in [-0.4, -0.2) is 61.1 Å². The van der Waals surface area contributed by atoms with Crippen molar-refractivity contribution in [1.82, 2.24) is 14.9 Å². The first-order chi connectivity index (χ1) is 18.5. The molecule has 2 amide bonds. The molecule has 0 aliphatic carbocycles. The molecular formula is C25H23F5N4O5. The molecule has 1 aliphatic heterocycles. The second-order valence-corrected chi connectivity index (χ2v) is 8.50. The Hall–Kier alpha value is -4.20. The molecule has 2 atom stereocenters. The highest BCUT2D eigenvalue weighted by Crippen LogP contribution is 2.36. The van der Waals surface area contributed by atoms with Crippen LogP contribution >= 0.6 is 0 Å². The summed E-state index contributed by atoms with van der Waals surface area (Å²) in [6.07, 6.45) is -1.88. The average molecular weight is 554 g/mol. The minimum absolute atomic E-state index is 0.0770. The molecule has 0 bridgehead atoms. The molecule has 2 heterocycles. The van der Waals surface area contributed by atoms with Crippen LogP contribution in [0.5, 0.6) is 11.5 Å². The highest BCUT2D eigenvalue weighted by molar-refractivity contribution is 6.04. The number of nitrogens with one attached hydrogen (secondary N) is 1. The van der Waals surface area contributed by atoms with Gasteiger partial charge in [0.15, 0.2) is 0 Å². The minimum atomic E-state index is -4.92. The van der Waals surface area contributed by atoms with Gasteiger partial charge in [-0.2, -0.15) is 0 Å². The van der Waals surface area contributed by atoms with Crippen LogP contribution in [0.3, 0.4) is 0 Å². The van der Waals surface area contributed by atoms with Crippen molar-refractivity contribution in [3.63, 3.8) is 0 Å². The zero-order valence-corrected chi connectivity index (χ0v) is 20.7. The van der Waals surface area contributed by atoms with Gasteiger partial charge in [-0.3, -0.25) is 14.5 Å². The Bertz CT molecular complexity index is 1320. The van der Waals surface area contributed by atoms with E-state index in [4.69, 9.17) is 9.47 Å². The van der Waals surface area contributed by atoms with Gasteiger partial charge in [-0.05, 0) is 24.3 Å². The molecule has 1 aliphatic rings. The number of rotatable bonds is 9. The van der Waals surface area contributed by atoms with Crippen molar-refractivity contribution in [2.75, 3.05) is 32.3 Å². The van der Waals surface area contributed by atoms with Crippen molar-refractivity contribution >= 4 is 17.8 Å². The predicted octanol–water partition coefficient (Wildman–Crippen LogP) is 3.64. The summed E-state index contributed by atoms with van der Waals surface area (Å²) in [7, 11) is 2.73. The van der Waals surface area contributed by atoms with Crippen molar-refractivity contribution in [2.24, 2.45) is 0 Å². The molecule has 14 heteroatoms. The number of carbonyl (C=O) groups excluding carboxylic acids is 2. The van der Waals surface area contributed by atoms with Crippen molar-refractivity contribution in [1.29, 1.82) is 0 Å². The van der Waals surface area contributed by atoms with Crippen molar-refractivity contribution in [2.45, 2.75) is 24.9 Å². The van der Waals surface area contributed by atoms with Crippen LogP contribution in [0.15, 0.2) is 48.8 Å². The lowest BCUT2D eigenvalue weighted by atomic mass is 9.92. The van der Waals surface area contributed by atoms with E-state index in [1.807, 2.05) is 0 Å². The van der Waals surface area contributed by atoms with Gasteiger partial charge in [0, 0.05) is 61.8 Å². The summed E-state index contributed by atoms with van der Waals surface area (Å²) in [5.41, 5.74) is -0.548. The normalized spacial score (nSPS) is 17.4. The van der Waals surface area contributed by atoms with Crippen molar-refractivity contribution < 1.29 is 45.8 Å². The molecule has 2 aromatic carbocycles. The maximum atomic E-state index is 15.1. The standard InChI is InChI=1S/C25H23F5N4O5/c1-37-10-9-33-8-7-31-24(33)34-13-17(20-18(26)11-16(38-2)12-19(20)27)21(23(34)36)32-22(35)14-3-5-15(6-4-14)39-25(28,29)30/h3-8,11-12,17,21H,9-10,13H2,1-2H3,(H,32,35)/t17-,21-/m0/s1. The Morgan fingerprint density at radius 3 is 2.36 bits per heavy atom. The zero-order valence-electron chi connectivity index (χ0n) is 20.7. The van der Waals surface area contributed by atoms with Crippen LogP contribution in [0.1, 0.15) is 21.8 Å². The molecule has 1 fully saturated rings. The average Bonchev–Trinajstić information content (AvgIpc) is 3.46. The summed E-state index contributed by atoms with van der Waals surface area (Å²) in [4.78, 5) is 32.0. The molecule has 0 unspecified atom stereocenters. The van der Waals surface area contributed by atoms with Crippen molar-refractivity contribution in [3.8, 4) is 11.5 Å². The van der Waals surface area contributed by atoms with Gasteiger partial charge in [-0.15, -0.1) is 13.2 Å². The van der Waals surface area contributed by atoms with Crippen LogP contribution in [0.4, 0.5) is 27.9 Å². The quantitative estimate of drug-likeness (QED) is 0.406. The first kappa shape index (κ1) is 27.8. The molecule has 39 heavy (non-hydrogen) atoms. The molecule has 0 saturated carbocycles. The second kappa shape index (κ2) is 11.3. The highest BCUT2D eigenvalue weighted by Gasteiger charge is 2.46. The maximum Gasteiger partial charge on any atom is 0.573 e. The van der Waals surface area contributed by atoms with E-state index >= 15 is 8.78 Å². The number of alkyl halides is 3. The highest BCUT2D eigenvalue weighted by atomic mass is 19.4. The van der Waals surface area contributed by atoms with Gasteiger partial charge < -0.3 is 24.1 Å². The number of aromatic nitrogens is 2. The summed E-state index contributed by atoms with van der Waals surface area (Å²) in [5.74, 6) is -5.14. The summed E-state index contributed by atoms with van der Waals surface area (Å²) in [5, 5.41) is 2.48. The Kier molecular flexibility index (Phi) is 8.04. The first-order valence-corrected chi connectivity index (χ1v) is 11.5. The molecule has 4 rings (SSSR count). The molecule has 1 saturated heterocycles. The van der Waals surface area contributed by atoms with Crippen LogP contribution in [0.25, 0.3) is 0 Å². The summed E-state index contributed by atoms with van der Waals surface area (Å²) in [6, 6.07) is 4.47. The van der Waals surface area contributed by atoms with Crippen LogP contribution < -0.4 is 19.7 Å². The van der Waals surface area contributed by atoms with Gasteiger partial charge in [-0.25, -0.2) is 13.8 Å². The topological polar surface area (TPSA) is 94.9 Å². The number of methoxy groups -OCH3 is 2. The van der Waals surface area contributed by atoms with Gasteiger partial charge >= 0.3 is 6.36 Å². The number of hydrogen-bond donors (Lipinski definition) is 1. The molecule has 9 nitrogen and oxygen atoms in total. The Balaban J connectivity index is 1.67. The monoisotopic (exact) mass is 554 g/mol. The second-order valence-electron chi connectivity index (χ2n) is 8.50. The number of benzene rings is 2. The third kappa shape index (κ3) is 6.11. The van der Waals surface area contributed by atoms with Gasteiger partial charge in [-0.1, -0.05) is 0 Å². The Morgan fingerprint density at radius 2 is 1.77 bits per heavy atom. The largest absolute Gasteiger partial charge is 0.573 e. The number of carbonyl (C=O) groups is 2. The van der Waals surface area contributed by atoms with Crippen LogP contribution in [0, 0.1) is 11.6 Å². The number of anilines is 1. The van der Waals surface area contributed by atoms with E-state index in [2.05, 4.69) is 15.0 Å². The fourth-order valence-electron chi connectivity index (χ4n) is 4.31. The van der Waals surface area contributed by atoms with E-state index in [0.717, 1.165) is 36.4 Å². The predicted molar refractivity (Wildman–Crippen MR) is 126 cm³/mol. The molecule has 0 radical (unpaired) electrons. The minimum Gasteiger partial charge on any atom is -0.497 e. The number of ether oxygens (including phenoxy) is 3. The summed E-state index contributed by atoms with van der Waals surface area (Å²) in [6.45, 7) is 0.395. The van der Waals surface area contributed by atoms with Gasteiger partial charge in [0.25, 0.3) is 11.8 Å². The van der Waals surface area contributed by atoms with E-state index in [-0.39, 0.29) is 23.8 Å². The number of imidazole rings is 1. The van der Waals surface area contributed by atoms with Gasteiger partial charge in [0.2, 0.25) is 5.95 Å². The summed E-state index contributed by atoms with van der Waals surface area (Å²) >= 11 is 0. The fourth-order valence-corrected chi connectivity index (χ4v) is 4.31. The lowest BCUT2D eigenvalue weighted by molar-refractivity contribution is -0.274. The zero-order chi connectivity index (χ0) is 28.3. The SMILES string of the molecule is COCCn1ccnc1N1C[C@@H](c2c(F)cc(OC)cc2F)[C@H](NC(=O)c2ccc(OC(F)(F)F)cc2)C1=O. The van der Waals surface area contributed by atoms with Crippen molar-refractivity contribution in [3.05, 3.63) is 71.6 Å². The van der Waals surface area contributed by atoms with Gasteiger partial charge in [0.1, 0.15) is 29.2 Å². The van der Waals surface area contributed by atoms with Crippen LogP contribution in [0.2, 0.25) is 0 Å². The fraction of sp³-hybridized carbons (Fsp3) is 0.320. The van der Waals surface area contributed by atoms with Crippen LogP contribution in [-0.2, 0) is 16.1 Å². The third-order valence-electron chi connectivity index (χ3n) is 6.08. The smallest absolute Gasteiger partial charge is 0.497 e. The number of nitrogens with zero attached hydrogens (tertiary/aromatic N) is 3. The molecule has 3 aromatic rings. The lowest BCUT2D eigenvalue weighted by Gasteiger charge is -2.20. The summed E-state index contributed by atoms with van der Waals surface area (Å²) < 4.78 is 82.9. The number of amides is 2. The molecule has 1 aromatic heterocycles. The number of hydrogen-bond acceptors (Lipinski definition) is 6. The molecule has 1 N–H and O–H groups in total. The first-order valence-electron chi connectivity index (χ1n) is 11.5. The van der Waals surface area contributed by atoms with E-state index in [1.165, 1.54) is 25.3 Å². The molecule has 0 spiro atoms. The Morgan fingerprint density at radius 1 is 1.10 bits per heavy atom. The molecular weight excluding hydrogens is 531 g/mol. The van der Waals surface area contributed by atoms with E-state index < -0.39 is 53.1 Å². The third-order valence-corrected chi connectivity index (χ3v) is 6.08. The number of halogens is 5. The van der Waals surface area contributed by atoms with E-state index in [0.29, 0.717) is 13.2 Å². The van der Waals surface area contributed by atoms with E-state index in [9.17, 15) is 22.8 Å². The van der Waals surface area contributed by atoms with E-state index in [1.54, 1.807) is 10.8 Å². The Labute approximate surface area is 219 Å².